The Bertz CT molecular complexity index is 310. The molecule has 1 amide bonds. The molecule has 3 N–H and O–H groups in total. The number of nitrogens with two attached hydrogens (primary N) is 1. The van der Waals surface area contributed by atoms with Crippen LogP contribution in [0.1, 0.15) is 19.3 Å². The summed E-state index contributed by atoms with van der Waals surface area (Å²) in [7, 11) is 0. The van der Waals surface area contributed by atoms with Gasteiger partial charge in [0, 0.05) is 45.1 Å². The maximum Gasteiger partial charge on any atom is 0.329 e. The summed E-state index contributed by atoms with van der Waals surface area (Å²) < 4.78 is 5.16. The summed E-state index contributed by atoms with van der Waals surface area (Å²) in [5, 5.41) is 9.36. The zero-order valence-corrected chi connectivity index (χ0v) is 9.02. The summed E-state index contributed by atoms with van der Waals surface area (Å²) in [5.41, 5.74) is 4.60. The standard InChI is InChI=1S/C10H16N2O4/c11-7-5-8(13)12(6-7)10(9(14)15)1-3-16-4-2-10/h7H,1-6,11H2,(H,14,15). The van der Waals surface area contributed by atoms with Gasteiger partial charge in [0.25, 0.3) is 0 Å². The molecular weight excluding hydrogens is 212 g/mol. The number of ether oxygens (including phenoxy) is 1. The molecule has 2 rings (SSSR count). The van der Waals surface area contributed by atoms with E-state index in [1.807, 2.05) is 0 Å². The monoisotopic (exact) mass is 228 g/mol. The van der Waals surface area contributed by atoms with Crippen LogP contribution in [0.3, 0.4) is 0 Å². The second-order valence-corrected chi connectivity index (χ2v) is 4.42. The number of carboxylic acid groups (broad SMARTS) is 1. The highest BCUT2D eigenvalue weighted by atomic mass is 16.5. The van der Waals surface area contributed by atoms with Gasteiger partial charge in [0.15, 0.2) is 0 Å². The van der Waals surface area contributed by atoms with Crippen LogP contribution < -0.4 is 5.73 Å². The molecule has 2 aliphatic heterocycles. The van der Waals surface area contributed by atoms with E-state index in [0.717, 1.165) is 0 Å². The molecule has 0 spiro atoms. The Morgan fingerprint density at radius 2 is 2.12 bits per heavy atom. The lowest BCUT2D eigenvalue weighted by Gasteiger charge is -2.40. The number of carbonyl (C=O) groups is 2. The lowest BCUT2D eigenvalue weighted by atomic mass is 9.88. The molecule has 2 heterocycles. The van der Waals surface area contributed by atoms with Crippen LogP contribution in [0.2, 0.25) is 0 Å². The number of amides is 1. The van der Waals surface area contributed by atoms with Crippen molar-refractivity contribution in [2.45, 2.75) is 30.8 Å². The molecule has 6 heteroatoms. The first-order valence-corrected chi connectivity index (χ1v) is 5.43. The Hall–Kier alpha value is -1.14. The third-order valence-corrected chi connectivity index (χ3v) is 3.39. The zero-order chi connectivity index (χ0) is 11.8. The van der Waals surface area contributed by atoms with Crippen LogP contribution in [0.25, 0.3) is 0 Å². The molecule has 1 atom stereocenters. The van der Waals surface area contributed by atoms with Crippen molar-refractivity contribution < 1.29 is 19.4 Å². The third-order valence-electron chi connectivity index (χ3n) is 3.39. The number of hydrogen-bond acceptors (Lipinski definition) is 4. The summed E-state index contributed by atoms with van der Waals surface area (Å²) in [6, 6.07) is -0.244. The molecule has 2 saturated heterocycles. The summed E-state index contributed by atoms with van der Waals surface area (Å²) >= 11 is 0. The molecule has 0 radical (unpaired) electrons. The van der Waals surface area contributed by atoms with E-state index in [0.29, 0.717) is 32.6 Å². The predicted octanol–water partition coefficient (Wildman–Crippen LogP) is -0.820. The Balaban J connectivity index is 2.25. The van der Waals surface area contributed by atoms with E-state index in [4.69, 9.17) is 10.5 Å². The fourth-order valence-electron chi connectivity index (χ4n) is 2.46. The molecule has 16 heavy (non-hydrogen) atoms. The van der Waals surface area contributed by atoms with Gasteiger partial charge < -0.3 is 20.5 Å². The van der Waals surface area contributed by atoms with Gasteiger partial charge in [-0.1, -0.05) is 0 Å². The summed E-state index contributed by atoms with van der Waals surface area (Å²) in [6.07, 6.45) is 0.942. The van der Waals surface area contributed by atoms with Crippen LogP contribution in [0, 0.1) is 0 Å². The average Bonchev–Trinajstić information content (AvgIpc) is 2.59. The number of aliphatic carboxylic acids is 1. The van der Waals surface area contributed by atoms with Crippen molar-refractivity contribution in [2.24, 2.45) is 5.73 Å². The van der Waals surface area contributed by atoms with Crippen LogP contribution >= 0.6 is 0 Å². The highest BCUT2D eigenvalue weighted by Crippen LogP contribution is 2.31. The van der Waals surface area contributed by atoms with Crippen LogP contribution in [-0.2, 0) is 14.3 Å². The third kappa shape index (κ3) is 1.68. The quantitative estimate of drug-likeness (QED) is 0.644. The molecule has 1 unspecified atom stereocenters. The van der Waals surface area contributed by atoms with Crippen LogP contribution in [0.15, 0.2) is 0 Å². The van der Waals surface area contributed by atoms with E-state index in [1.165, 1.54) is 4.90 Å². The van der Waals surface area contributed by atoms with Gasteiger partial charge in [-0.3, -0.25) is 4.79 Å². The summed E-state index contributed by atoms with van der Waals surface area (Å²) in [4.78, 5) is 24.6. The van der Waals surface area contributed by atoms with Crippen molar-refractivity contribution >= 4 is 11.9 Å². The maximum absolute atomic E-state index is 11.7. The molecule has 0 bridgehead atoms. The topological polar surface area (TPSA) is 92.9 Å². The summed E-state index contributed by atoms with van der Waals surface area (Å²) in [5.74, 6) is -1.10. The highest BCUT2D eigenvalue weighted by Gasteiger charge is 2.50. The minimum absolute atomic E-state index is 0.156. The van der Waals surface area contributed by atoms with Crippen molar-refractivity contribution in [1.29, 1.82) is 0 Å². The second-order valence-electron chi connectivity index (χ2n) is 4.42. The van der Waals surface area contributed by atoms with Gasteiger partial charge in [-0.15, -0.1) is 0 Å². The van der Waals surface area contributed by atoms with Gasteiger partial charge in [0.2, 0.25) is 5.91 Å². The van der Waals surface area contributed by atoms with Gasteiger partial charge in [-0.2, -0.15) is 0 Å². The lowest BCUT2D eigenvalue weighted by Crippen LogP contribution is -2.58. The molecule has 0 aromatic carbocycles. The van der Waals surface area contributed by atoms with E-state index in [1.54, 1.807) is 0 Å². The van der Waals surface area contributed by atoms with Gasteiger partial charge in [-0.05, 0) is 0 Å². The number of rotatable bonds is 2. The second kappa shape index (κ2) is 4.03. The largest absolute Gasteiger partial charge is 0.479 e. The van der Waals surface area contributed by atoms with Crippen LogP contribution in [-0.4, -0.2) is 53.2 Å². The van der Waals surface area contributed by atoms with E-state index >= 15 is 0 Å². The Labute approximate surface area is 93.3 Å². The number of carboxylic acids is 1. The Kier molecular flexibility index (Phi) is 2.86. The van der Waals surface area contributed by atoms with Crippen molar-refractivity contribution in [3.8, 4) is 0 Å². The fourth-order valence-corrected chi connectivity index (χ4v) is 2.46. The van der Waals surface area contributed by atoms with Crippen LogP contribution in [0.4, 0.5) is 0 Å². The van der Waals surface area contributed by atoms with Crippen molar-refractivity contribution in [3.63, 3.8) is 0 Å². The predicted molar refractivity (Wildman–Crippen MR) is 54.7 cm³/mol. The molecule has 0 saturated carbocycles. The van der Waals surface area contributed by atoms with Crippen LogP contribution in [0.5, 0.6) is 0 Å². The molecule has 6 nitrogen and oxygen atoms in total. The maximum atomic E-state index is 11.7. The van der Waals surface area contributed by atoms with E-state index in [2.05, 4.69) is 0 Å². The molecule has 2 aliphatic rings. The zero-order valence-electron chi connectivity index (χ0n) is 9.02. The smallest absolute Gasteiger partial charge is 0.329 e. The van der Waals surface area contributed by atoms with Gasteiger partial charge in [0.05, 0.1) is 0 Å². The summed E-state index contributed by atoms with van der Waals surface area (Å²) in [6.45, 7) is 1.10. The number of likely N-dealkylation sites (tertiary alicyclic amines) is 1. The number of hydrogen-bond donors (Lipinski definition) is 2. The van der Waals surface area contributed by atoms with Crippen molar-refractivity contribution in [2.75, 3.05) is 19.8 Å². The SMILES string of the molecule is NC1CC(=O)N(C2(C(=O)O)CCOCC2)C1. The first kappa shape index (κ1) is 11.3. The molecular formula is C10H16N2O4. The molecule has 0 aromatic heterocycles. The van der Waals surface area contributed by atoms with Gasteiger partial charge >= 0.3 is 5.97 Å². The Morgan fingerprint density at radius 3 is 2.56 bits per heavy atom. The fraction of sp³-hybridized carbons (Fsp3) is 0.800. The highest BCUT2D eigenvalue weighted by molar-refractivity contribution is 5.88. The van der Waals surface area contributed by atoms with Gasteiger partial charge in [0.1, 0.15) is 5.54 Å². The Morgan fingerprint density at radius 1 is 1.50 bits per heavy atom. The average molecular weight is 228 g/mol. The van der Waals surface area contributed by atoms with E-state index in [-0.39, 0.29) is 18.4 Å². The normalized spacial score (nSPS) is 29.4. The first-order chi connectivity index (χ1) is 7.56. The van der Waals surface area contributed by atoms with E-state index < -0.39 is 11.5 Å². The lowest BCUT2D eigenvalue weighted by molar-refractivity contribution is -0.163. The van der Waals surface area contributed by atoms with Crippen molar-refractivity contribution in [1.82, 2.24) is 4.90 Å². The van der Waals surface area contributed by atoms with E-state index in [9.17, 15) is 14.7 Å². The number of carbonyl (C=O) groups excluding carboxylic acids is 1. The molecule has 0 aliphatic carbocycles. The number of nitrogens with zero attached hydrogens (tertiary/aromatic N) is 1. The molecule has 0 aromatic rings. The minimum atomic E-state index is -1.09. The molecule has 2 fully saturated rings. The minimum Gasteiger partial charge on any atom is -0.479 e. The first-order valence-electron chi connectivity index (χ1n) is 5.43. The van der Waals surface area contributed by atoms with Crippen molar-refractivity contribution in [3.05, 3.63) is 0 Å². The van der Waals surface area contributed by atoms with Gasteiger partial charge in [-0.25, -0.2) is 4.79 Å². The molecule has 90 valence electrons.